The minimum absolute atomic E-state index is 0.0199. The summed E-state index contributed by atoms with van der Waals surface area (Å²) in [5, 5.41) is 4.45. The highest BCUT2D eigenvalue weighted by Crippen LogP contribution is 2.17. The van der Waals surface area contributed by atoms with Gasteiger partial charge in [-0.15, -0.1) is 0 Å². The molecule has 0 spiro atoms. The predicted molar refractivity (Wildman–Crippen MR) is 109 cm³/mol. The number of aromatic nitrogens is 2. The zero-order valence-corrected chi connectivity index (χ0v) is 16.4. The number of hydrogen-bond acceptors (Lipinski definition) is 4. The molecule has 0 radical (unpaired) electrons. The van der Waals surface area contributed by atoms with Gasteiger partial charge in [0.2, 0.25) is 10.0 Å². The molecular weight excluding hydrogens is 372 g/mol. The lowest BCUT2D eigenvalue weighted by Gasteiger charge is -2.31. The Morgan fingerprint density at radius 3 is 2.29 bits per heavy atom. The molecule has 2 heterocycles. The molecule has 28 heavy (non-hydrogen) atoms. The fourth-order valence-electron chi connectivity index (χ4n) is 3.52. The smallest absolute Gasteiger partial charge is 0.240 e. The van der Waals surface area contributed by atoms with E-state index in [9.17, 15) is 8.42 Å². The Bertz CT molecular complexity index is 995. The van der Waals surface area contributed by atoms with Crippen molar-refractivity contribution in [2.75, 3.05) is 13.1 Å². The van der Waals surface area contributed by atoms with Crippen LogP contribution >= 0.6 is 0 Å². The van der Waals surface area contributed by atoms with Crippen LogP contribution in [0, 0.1) is 0 Å². The fourth-order valence-corrected chi connectivity index (χ4v) is 4.84. The number of para-hydroxylation sites is 1. The van der Waals surface area contributed by atoms with E-state index in [1.54, 1.807) is 24.3 Å². The lowest BCUT2D eigenvalue weighted by Crippen LogP contribution is -2.44. The number of rotatable bonds is 6. The van der Waals surface area contributed by atoms with E-state index in [0.29, 0.717) is 4.90 Å². The second-order valence-corrected chi connectivity index (χ2v) is 8.83. The van der Waals surface area contributed by atoms with E-state index >= 15 is 0 Å². The molecule has 3 aromatic rings. The molecule has 6 nitrogen and oxygen atoms in total. The van der Waals surface area contributed by atoms with Crippen molar-refractivity contribution in [2.24, 2.45) is 0 Å². The van der Waals surface area contributed by atoms with Crippen molar-refractivity contribution in [3.8, 4) is 5.69 Å². The molecule has 1 saturated heterocycles. The zero-order valence-electron chi connectivity index (χ0n) is 15.6. The molecule has 0 bridgehead atoms. The summed E-state index contributed by atoms with van der Waals surface area (Å²) >= 11 is 0. The van der Waals surface area contributed by atoms with Crippen molar-refractivity contribution in [3.63, 3.8) is 0 Å². The Morgan fingerprint density at radius 2 is 1.61 bits per heavy atom. The molecule has 1 aliphatic rings. The summed E-state index contributed by atoms with van der Waals surface area (Å²) in [6.07, 6.45) is 5.56. The maximum atomic E-state index is 12.5. The molecular formula is C21H24N4O2S. The number of nitrogens with zero attached hydrogens (tertiary/aromatic N) is 3. The Balaban J connectivity index is 1.31. The largest absolute Gasteiger partial charge is 0.299 e. The number of benzene rings is 2. The SMILES string of the molecule is O=S(=O)(NC1CCN(Cc2cnn(-c3ccccc3)c2)CC1)c1ccccc1. The minimum Gasteiger partial charge on any atom is -0.299 e. The van der Waals surface area contributed by atoms with Crippen molar-refractivity contribution < 1.29 is 8.42 Å². The quantitative estimate of drug-likeness (QED) is 0.696. The van der Waals surface area contributed by atoms with Gasteiger partial charge >= 0.3 is 0 Å². The molecule has 4 rings (SSSR count). The Hall–Kier alpha value is -2.48. The van der Waals surface area contributed by atoms with Gasteiger partial charge in [0.05, 0.1) is 16.8 Å². The standard InChI is InChI=1S/C21H24N4O2S/c26-28(27,21-9-5-2-6-10-21)23-19-11-13-24(14-12-19)16-18-15-22-25(17-18)20-7-3-1-4-8-20/h1-10,15,17,19,23H,11-14,16H2. The summed E-state index contributed by atoms with van der Waals surface area (Å²) in [7, 11) is -3.45. The molecule has 0 amide bonds. The van der Waals surface area contributed by atoms with E-state index in [4.69, 9.17) is 0 Å². The maximum Gasteiger partial charge on any atom is 0.240 e. The number of nitrogens with one attached hydrogen (secondary N) is 1. The summed E-state index contributed by atoms with van der Waals surface area (Å²) in [5.74, 6) is 0. The lowest BCUT2D eigenvalue weighted by molar-refractivity contribution is 0.200. The third-order valence-corrected chi connectivity index (χ3v) is 6.56. The molecule has 1 aliphatic heterocycles. The molecule has 7 heteroatoms. The van der Waals surface area contributed by atoms with Crippen LogP contribution in [0.3, 0.4) is 0 Å². The van der Waals surface area contributed by atoms with Crippen LogP contribution in [0.25, 0.3) is 5.69 Å². The van der Waals surface area contributed by atoms with Gasteiger partial charge in [0.15, 0.2) is 0 Å². The van der Waals surface area contributed by atoms with E-state index in [-0.39, 0.29) is 6.04 Å². The fraction of sp³-hybridized carbons (Fsp3) is 0.286. The van der Waals surface area contributed by atoms with Gasteiger partial charge in [-0.25, -0.2) is 17.8 Å². The van der Waals surface area contributed by atoms with Crippen molar-refractivity contribution in [1.82, 2.24) is 19.4 Å². The summed E-state index contributed by atoms with van der Waals surface area (Å²) in [6, 6.07) is 18.6. The number of piperidine rings is 1. The Morgan fingerprint density at radius 1 is 0.964 bits per heavy atom. The first-order chi connectivity index (χ1) is 13.6. The normalized spacial score (nSPS) is 16.3. The van der Waals surface area contributed by atoms with Crippen LogP contribution < -0.4 is 4.72 Å². The van der Waals surface area contributed by atoms with Gasteiger partial charge in [0, 0.05) is 37.4 Å². The highest BCUT2D eigenvalue weighted by Gasteiger charge is 2.24. The van der Waals surface area contributed by atoms with E-state index in [1.165, 1.54) is 0 Å². The summed E-state index contributed by atoms with van der Waals surface area (Å²) in [5.41, 5.74) is 2.20. The van der Waals surface area contributed by atoms with Crippen LogP contribution in [0.4, 0.5) is 0 Å². The number of sulfonamides is 1. The molecule has 2 aromatic carbocycles. The van der Waals surface area contributed by atoms with E-state index in [1.807, 2.05) is 47.3 Å². The van der Waals surface area contributed by atoms with Gasteiger partial charge in [0.1, 0.15) is 0 Å². The topological polar surface area (TPSA) is 67.2 Å². The van der Waals surface area contributed by atoms with Crippen molar-refractivity contribution in [2.45, 2.75) is 30.3 Å². The minimum atomic E-state index is -3.45. The van der Waals surface area contributed by atoms with Crippen LogP contribution in [0.15, 0.2) is 78.0 Å². The van der Waals surface area contributed by atoms with Gasteiger partial charge in [-0.1, -0.05) is 36.4 Å². The zero-order chi connectivity index (χ0) is 19.4. The Labute approximate surface area is 165 Å². The van der Waals surface area contributed by atoms with Gasteiger partial charge in [-0.3, -0.25) is 4.90 Å². The van der Waals surface area contributed by atoms with E-state index < -0.39 is 10.0 Å². The van der Waals surface area contributed by atoms with E-state index in [2.05, 4.69) is 20.9 Å². The first kappa shape index (κ1) is 18.9. The molecule has 1 fully saturated rings. The first-order valence-electron chi connectivity index (χ1n) is 9.49. The van der Waals surface area contributed by atoms with Crippen LogP contribution in [-0.4, -0.2) is 42.2 Å². The average Bonchev–Trinajstić information content (AvgIpc) is 3.19. The first-order valence-corrected chi connectivity index (χ1v) is 11.0. The van der Waals surface area contributed by atoms with E-state index in [0.717, 1.165) is 43.7 Å². The van der Waals surface area contributed by atoms with Crippen molar-refractivity contribution in [1.29, 1.82) is 0 Å². The molecule has 1 aromatic heterocycles. The number of hydrogen-bond donors (Lipinski definition) is 1. The van der Waals surface area contributed by atoms with Gasteiger partial charge in [0.25, 0.3) is 0 Å². The lowest BCUT2D eigenvalue weighted by atomic mass is 10.1. The third kappa shape index (κ3) is 4.49. The monoisotopic (exact) mass is 396 g/mol. The second kappa shape index (κ2) is 8.26. The molecule has 0 atom stereocenters. The molecule has 0 saturated carbocycles. The summed E-state index contributed by atoms with van der Waals surface area (Å²) in [4.78, 5) is 2.67. The maximum absolute atomic E-state index is 12.5. The number of likely N-dealkylation sites (tertiary alicyclic amines) is 1. The van der Waals surface area contributed by atoms with Crippen LogP contribution in [0.1, 0.15) is 18.4 Å². The van der Waals surface area contributed by atoms with Crippen LogP contribution in [0.2, 0.25) is 0 Å². The molecule has 0 aliphatic carbocycles. The third-order valence-electron chi connectivity index (χ3n) is 5.03. The summed E-state index contributed by atoms with van der Waals surface area (Å²) in [6.45, 7) is 2.54. The Kier molecular flexibility index (Phi) is 5.57. The summed E-state index contributed by atoms with van der Waals surface area (Å²) < 4.78 is 29.7. The van der Waals surface area contributed by atoms with Gasteiger partial charge < -0.3 is 0 Å². The highest BCUT2D eigenvalue weighted by atomic mass is 32.2. The molecule has 0 unspecified atom stereocenters. The van der Waals surface area contributed by atoms with Gasteiger partial charge in [-0.2, -0.15) is 5.10 Å². The predicted octanol–water partition coefficient (Wildman–Crippen LogP) is 2.82. The van der Waals surface area contributed by atoms with Gasteiger partial charge in [-0.05, 0) is 37.1 Å². The van der Waals surface area contributed by atoms with Crippen LogP contribution in [0.5, 0.6) is 0 Å². The van der Waals surface area contributed by atoms with Crippen molar-refractivity contribution >= 4 is 10.0 Å². The highest BCUT2D eigenvalue weighted by molar-refractivity contribution is 7.89. The second-order valence-electron chi connectivity index (χ2n) is 7.11. The average molecular weight is 397 g/mol. The molecule has 146 valence electrons. The molecule has 1 N–H and O–H groups in total. The van der Waals surface area contributed by atoms with Crippen molar-refractivity contribution in [3.05, 3.63) is 78.6 Å². The van der Waals surface area contributed by atoms with Crippen LogP contribution in [-0.2, 0) is 16.6 Å².